The van der Waals surface area contributed by atoms with E-state index < -0.39 is 10.0 Å². The number of benzene rings is 1. The van der Waals surface area contributed by atoms with Gasteiger partial charge in [0, 0.05) is 26.2 Å². The standard InChI is InChI=1S/C16H24N2O4S/c1-5-22-16(19)17-6-8-18(9-7-17)23(20,21)15-11-13(3)12(2)10-14(15)4/h10-11H,5-9H2,1-4H3. The number of carbonyl (C=O) groups is 1. The van der Waals surface area contributed by atoms with Crippen LogP contribution >= 0.6 is 0 Å². The molecule has 7 heteroatoms. The van der Waals surface area contributed by atoms with Crippen molar-refractivity contribution in [1.29, 1.82) is 0 Å². The van der Waals surface area contributed by atoms with Crippen LogP contribution in [-0.4, -0.2) is 56.5 Å². The van der Waals surface area contributed by atoms with Gasteiger partial charge in [-0.05, 0) is 50.5 Å². The first-order valence-corrected chi connectivity index (χ1v) is 9.21. The lowest BCUT2D eigenvalue weighted by Gasteiger charge is -2.33. The fraction of sp³-hybridized carbons (Fsp3) is 0.562. The third-order valence-electron chi connectivity index (χ3n) is 4.17. The molecule has 0 saturated carbocycles. The highest BCUT2D eigenvalue weighted by molar-refractivity contribution is 7.89. The van der Waals surface area contributed by atoms with Crippen molar-refractivity contribution >= 4 is 16.1 Å². The van der Waals surface area contributed by atoms with Gasteiger partial charge in [-0.2, -0.15) is 4.31 Å². The van der Waals surface area contributed by atoms with Crippen molar-refractivity contribution in [2.75, 3.05) is 32.8 Å². The van der Waals surface area contributed by atoms with Crippen molar-refractivity contribution < 1.29 is 17.9 Å². The van der Waals surface area contributed by atoms with Gasteiger partial charge in [0.2, 0.25) is 10.0 Å². The second-order valence-corrected chi connectivity index (χ2v) is 7.70. The molecule has 0 bridgehead atoms. The number of nitrogens with zero attached hydrogens (tertiary/aromatic N) is 2. The molecule has 1 heterocycles. The van der Waals surface area contributed by atoms with Crippen LogP contribution in [0.5, 0.6) is 0 Å². The van der Waals surface area contributed by atoms with Crippen molar-refractivity contribution in [2.45, 2.75) is 32.6 Å². The summed E-state index contributed by atoms with van der Waals surface area (Å²) in [5.41, 5.74) is 2.79. The molecule has 1 saturated heterocycles. The number of rotatable bonds is 3. The molecular weight excluding hydrogens is 316 g/mol. The SMILES string of the molecule is CCOC(=O)N1CCN(S(=O)(=O)c2cc(C)c(C)cc2C)CC1. The molecule has 1 aromatic carbocycles. The summed E-state index contributed by atoms with van der Waals surface area (Å²) in [6.45, 7) is 9.03. The molecule has 0 N–H and O–H groups in total. The topological polar surface area (TPSA) is 66.9 Å². The average molecular weight is 340 g/mol. The average Bonchev–Trinajstić information content (AvgIpc) is 2.51. The van der Waals surface area contributed by atoms with Crippen LogP contribution in [0, 0.1) is 20.8 Å². The molecule has 1 aliphatic rings. The van der Waals surface area contributed by atoms with Gasteiger partial charge in [-0.25, -0.2) is 13.2 Å². The molecule has 23 heavy (non-hydrogen) atoms. The van der Waals surface area contributed by atoms with E-state index in [9.17, 15) is 13.2 Å². The molecule has 6 nitrogen and oxygen atoms in total. The Hall–Kier alpha value is -1.60. The summed E-state index contributed by atoms with van der Waals surface area (Å²) in [5.74, 6) is 0. The van der Waals surface area contributed by atoms with E-state index in [1.807, 2.05) is 26.8 Å². The Labute approximate surface area is 138 Å². The van der Waals surface area contributed by atoms with Gasteiger partial charge in [-0.1, -0.05) is 6.07 Å². The van der Waals surface area contributed by atoms with Crippen LogP contribution in [0.25, 0.3) is 0 Å². The van der Waals surface area contributed by atoms with Crippen LogP contribution in [0.15, 0.2) is 17.0 Å². The second-order valence-electron chi connectivity index (χ2n) is 5.79. The minimum atomic E-state index is -3.54. The Morgan fingerprint density at radius 1 is 1.04 bits per heavy atom. The van der Waals surface area contributed by atoms with Gasteiger partial charge in [0.25, 0.3) is 0 Å². The first-order valence-electron chi connectivity index (χ1n) is 7.77. The highest BCUT2D eigenvalue weighted by Gasteiger charge is 2.31. The molecule has 0 atom stereocenters. The van der Waals surface area contributed by atoms with Crippen LogP contribution in [0.4, 0.5) is 4.79 Å². The number of aryl methyl sites for hydroxylation is 3. The summed E-state index contributed by atoms with van der Waals surface area (Å²) in [6, 6.07) is 3.63. The van der Waals surface area contributed by atoms with E-state index in [1.54, 1.807) is 17.9 Å². The summed E-state index contributed by atoms with van der Waals surface area (Å²) >= 11 is 0. The number of piperazine rings is 1. The summed E-state index contributed by atoms with van der Waals surface area (Å²) in [6.07, 6.45) is -0.382. The molecule has 128 valence electrons. The second kappa shape index (κ2) is 6.88. The summed E-state index contributed by atoms with van der Waals surface area (Å²) in [4.78, 5) is 13.6. The van der Waals surface area contributed by atoms with Gasteiger partial charge in [-0.15, -0.1) is 0 Å². The van der Waals surface area contributed by atoms with Gasteiger partial charge in [0.1, 0.15) is 0 Å². The maximum Gasteiger partial charge on any atom is 0.409 e. The van der Waals surface area contributed by atoms with E-state index in [1.165, 1.54) is 4.31 Å². The Kier molecular flexibility index (Phi) is 5.31. The van der Waals surface area contributed by atoms with Crippen molar-refractivity contribution in [3.8, 4) is 0 Å². The first-order chi connectivity index (χ1) is 10.8. The van der Waals surface area contributed by atoms with Gasteiger partial charge in [0.05, 0.1) is 11.5 Å². The normalized spacial score (nSPS) is 16.4. The molecule has 0 radical (unpaired) electrons. The Balaban J connectivity index is 2.17. The van der Waals surface area contributed by atoms with Crippen LogP contribution < -0.4 is 0 Å². The minimum Gasteiger partial charge on any atom is -0.450 e. The number of sulfonamides is 1. The van der Waals surface area contributed by atoms with Gasteiger partial charge in [0.15, 0.2) is 0 Å². The van der Waals surface area contributed by atoms with Crippen LogP contribution in [0.1, 0.15) is 23.6 Å². The molecule has 0 unspecified atom stereocenters. The quantitative estimate of drug-likeness (QED) is 0.845. The zero-order chi connectivity index (χ0) is 17.2. The molecule has 1 fully saturated rings. The van der Waals surface area contributed by atoms with E-state index in [0.29, 0.717) is 24.6 Å². The number of carbonyl (C=O) groups excluding carboxylic acids is 1. The molecule has 1 amide bonds. The molecule has 0 spiro atoms. The molecule has 1 aliphatic heterocycles. The Morgan fingerprint density at radius 2 is 1.61 bits per heavy atom. The molecule has 0 aliphatic carbocycles. The smallest absolute Gasteiger partial charge is 0.409 e. The summed E-state index contributed by atoms with van der Waals surface area (Å²) in [5, 5.41) is 0. The van der Waals surface area contributed by atoms with E-state index in [2.05, 4.69) is 0 Å². The fourth-order valence-corrected chi connectivity index (χ4v) is 4.39. The van der Waals surface area contributed by atoms with Crippen molar-refractivity contribution in [3.63, 3.8) is 0 Å². The lowest BCUT2D eigenvalue weighted by molar-refractivity contribution is 0.0934. The van der Waals surface area contributed by atoms with E-state index in [-0.39, 0.29) is 19.2 Å². The van der Waals surface area contributed by atoms with Gasteiger partial charge >= 0.3 is 6.09 Å². The summed E-state index contributed by atoms with van der Waals surface area (Å²) < 4.78 is 32.1. The third kappa shape index (κ3) is 3.67. The predicted molar refractivity (Wildman–Crippen MR) is 88.0 cm³/mol. The molecule has 1 aromatic rings. The monoisotopic (exact) mass is 340 g/mol. The molecule has 0 aromatic heterocycles. The zero-order valence-corrected chi connectivity index (χ0v) is 14.9. The molecule has 2 rings (SSSR count). The lowest BCUT2D eigenvalue weighted by Crippen LogP contribution is -2.50. The van der Waals surface area contributed by atoms with Crippen molar-refractivity contribution in [3.05, 3.63) is 28.8 Å². The van der Waals surface area contributed by atoms with E-state index >= 15 is 0 Å². The predicted octanol–water partition coefficient (Wildman–Crippen LogP) is 2.07. The lowest BCUT2D eigenvalue weighted by atomic mass is 10.1. The molecular formula is C16H24N2O4S. The number of hydrogen-bond acceptors (Lipinski definition) is 4. The van der Waals surface area contributed by atoms with Crippen LogP contribution in [0.3, 0.4) is 0 Å². The fourth-order valence-electron chi connectivity index (χ4n) is 2.68. The maximum atomic E-state index is 12.9. The number of amides is 1. The first kappa shape index (κ1) is 17.7. The highest BCUT2D eigenvalue weighted by Crippen LogP contribution is 2.24. The third-order valence-corrected chi connectivity index (χ3v) is 6.21. The number of ether oxygens (including phenoxy) is 1. The maximum absolute atomic E-state index is 12.9. The van der Waals surface area contributed by atoms with Crippen LogP contribution in [0.2, 0.25) is 0 Å². The van der Waals surface area contributed by atoms with Crippen LogP contribution in [-0.2, 0) is 14.8 Å². The Bertz CT molecular complexity index is 692. The minimum absolute atomic E-state index is 0.285. The summed E-state index contributed by atoms with van der Waals surface area (Å²) in [7, 11) is -3.54. The van der Waals surface area contributed by atoms with Gasteiger partial charge < -0.3 is 9.64 Å². The van der Waals surface area contributed by atoms with E-state index in [4.69, 9.17) is 4.74 Å². The zero-order valence-electron chi connectivity index (χ0n) is 14.1. The Morgan fingerprint density at radius 3 is 2.17 bits per heavy atom. The number of hydrogen-bond donors (Lipinski definition) is 0. The van der Waals surface area contributed by atoms with Crippen molar-refractivity contribution in [1.82, 2.24) is 9.21 Å². The highest BCUT2D eigenvalue weighted by atomic mass is 32.2. The van der Waals surface area contributed by atoms with E-state index in [0.717, 1.165) is 16.7 Å². The largest absolute Gasteiger partial charge is 0.450 e. The van der Waals surface area contributed by atoms with Crippen molar-refractivity contribution in [2.24, 2.45) is 0 Å². The van der Waals surface area contributed by atoms with Gasteiger partial charge in [-0.3, -0.25) is 0 Å².